The molecule has 0 saturated carbocycles. The molecule has 0 aliphatic rings. The first-order valence-corrected chi connectivity index (χ1v) is 7.53. The molecule has 118 valence electrons. The summed E-state index contributed by atoms with van der Waals surface area (Å²) in [4.78, 5) is 14.2. The van der Waals surface area contributed by atoms with Crippen LogP contribution in [-0.2, 0) is 0 Å². The minimum atomic E-state index is -0.189. The molecule has 21 heavy (non-hydrogen) atoms. The highest BCUT2D eigenvalue weighted by Crippen LogP contribution is 2.24. The van der Waals surface area contributed by atoms with Gasteiger partial charge in [0.1, 0.15) is 0 Å². The predicted octanol–water partition coefficient (Wildman–Crippen LogP) is 3.91. The topological polar surface area (TPSA) is 52.6 Å². The molecule has 5 heteroatoms. The first-order chi connectivity index (χ1) is 9.73. The number of carbonyl (C=O) groups is 1. The SMILES string of the molecule is Cc1ccc(Cl)c(NC(=O)N(CCCO)CC(C)(C)C)c1. The van der Waals surface area contributed by atoms with Crippen LogP contribution in [0.4, 0.5) is 10.5 Å². The number of urea groups is 1. The maximum atomic E-state index is 12.4. The largest absolute Gasteiger partial charge is 0.396 e. The molecule has 0 saturated heterocycles. The molecule has 1 rings (SSSR count). The molecule has 0 radical (unpaired) electrons. The first kappa shape index (κ1) is 17.8. The van der Waals surface area contributed by atoms with Gasteiger partial charge in [0, 0.05) is 19.7 Å². The van der Waals surface area contributed by atoms with Crippen LogP contribution in [0.1, 0.15) is 32.8 Å². The summed E-state index contributed by atoms with van der Waals surface area (Å²) >= 11 is 6.11. The zero-order chi connectivity index (χ0) is 16.0. The fourth-order valence-electron chi connectivity index (χ4n) is 2.02. The Bertz CT molecular complexity index is 484. The summed E-state index contributed by atoms with van der Waals surface area (Å²) in [5.41, 5.74) is 1.64. The number of aryl methyl sites for hydroxylation is 1. The highest BCUT2D eigenvalue weighted by atomic mass is 35.5. The summed E-state index contributed by atoms with van der Waals surface area (Å²) < 4.78 is 0. The molecule has 0 fully saturated rings. The minimum Gasteiger partial charge on any atom is -0.396 e. The van der Waals surface area contributed by atoms with Crippen LogP contribution >= 0.6 is 11.6 Å². The van der Waals surface area contributed by atoms with E-state index in [0.717, 1.165) is 5.56 Å². The average Bonchev–Trinajstić information content (AvgIpc) is 2.37. The minimum absolute atomic E-state index is 0.0107. The molecule has 0 aliphatic heterocycles. The van der Waals surface area contributed by atoms with Gasteiger partial charge in [0.25, 0.3) is 0 Å². The monoisotopic (exact) mass is 312 g/mol. The first-order valence-electron chi connectivity index (χ1n) is 7.16. The molecule has 0 spiro atoms. The van der Waals surface area contributed by atoms with Crippen molar-refractivity contribution in [2.75, 3.05) is 25.0 Å². The summed E-state index contributed by atoms with van der Waals surface area (Å²) in [5, 5.41) is 12.4. The van der Waals surface area contributed by atoms with E-state index in [-0.39, 0.29) is 18.1 Å². The third-order valence-corrected chi connectivity index (χ3v) is 3.23. The van der Waals surface area contributed by atoms with Gasteiger partial charge in [0.2, 0.25) is 0 Å². The molecule has 0 heterocycles. The fraction of sp³-hybridized carbons (Fsp3) is 0.562. The quantitative estimate of drug-likeness (QED) is 0.866. The molecule has 4 nitrogen and oxygen atoms in total. The van der Waals surface area contributed by atoms with E-state index in [1.807, 2.05) is 19.1 Å². The van der Waals surface area contributed by atoms with Crippen LogP contribution in [0.5, 0.6) is 0 Å². The lowest BCUT2D eigenvalue weighted by molar-refractivity contribution is 0.176. The van der Waals surface area contributed by atoms with Crippen molar-refractivity contribution in [2.45, 2.75) is 34.1 Å². The molecular formula is C16H25ClN2O2. The smallest absolute Gasteiger partial charge is 0.321 e. The lowest BCUT2D eigenvalue weighted by Gasteiger charge is -2.30. The van der Waals surface area contributed by atoms with E-state index in [1.165, 1.54) is 0 Å². The van der Waals surface area contributed by atoms with Gasteiger partial charge in [-0.15, -0.1) is 0 Å². The average molecular weight is 313 g/mol. The number of hydrogen-bond donors (Lipinski definition) is 2. The Labute approximate surface area is 132 Å². The number of amides is 2. The van der Waals surface area contributed by atoms with Crippen molar-refractivity contribution < 1.29 is 9.90 Å². The molecule has 0 bridgehead atoms. The van der Waals surface area contributed by atoms with E-state index in [0.29, 0.717) is 30.2 Å². The standard InChI is InChI=1S/C16H25ClN2O2/c1-12-6-7-13(17)14(10-12)18-15(21)19(8-5-9-20)11-16(2,3)4/h6-7,10,20H,5,8-9,11H2,1-4H3,(H,18,21). The number of aliphatic hydroxyl groups excluding tert-OH is 1. The number of aliphatic hydroxyl groups is 1. The molecule has 2 N–H and O–H groups in total. The van der Waals surface area contributed by atoms with Crippen molar-refractivity contribution in [3.05, 3.63) is 28.8 Å². The van der Waals surface area contributed by atoms with Gasteiger partial charge in [-0.05, 0) is 36.5 Å². The Balaban J connectivity index is 2.82. The molecule has 0 unspecified atom stereocenters. The van der Waals surface area contributed by atoms with Crippen LogP contribution in [0.2, 0.25) is 5.02 Å². The molecule has 2 amide bonds. The lowest BCUT2D eigenvalue weighted by Crippen LogP contribution is -2.41. The molecule has 1 aromatic rings. The zero-order valence-electron chi connectivity index (χ0n) is 13.2. The summed E-state index contributed by atoms with van der Waals surface area (Å²) in [7, 11) is 0. The van der Waals surface area contributed by atoms with Crippen molar-refractivity contribution in [1.82, 2.24) is 4.90 Å². The van der Waals surface area contributed by atoms with E-state index >= 15 is 0 Å². The predicted molar refractivity (Wildman–Crippen MR) is 87.9 cm³/mol. The van der Waals surface area contributed by atoms with Crippen LogP contribution in [0.3, 0.4) is 0 Å². The second kappa shape index (κ2) is 7.66. The van der Waals surface area contributed by atoms with Crippen LogP contribution in [-0.4, -0.2) is 35.7 Å². The number of halogens is 1. The van der Waals surface area contributed by atoms with E-state index in [9.17, 15) is 4.79 Å². The van der Waals surface area contributed by atoms with Crippen LogP contribution < -0.4 is 5.32 Å². The molecule has 0 atom stereocenters. The normalized spacial score (nSPS) is 11.3. The Morgan fingerprint density at radius 2 is 2.05 bits per heavy atom. The van der Waals surface area contributed by atoms with Gasteiger partial charge < -0.3 is 15.3 Å². The number of hydrogen-bond acceptors (Lipinski definition) is 2. The molecular weight excluding hydrogens is 288 g/mol. The maximum Gasteiger partial charge on any atom is 0.321 e. The molecule has 1 aromatic carbocycles. The third-order valence-electron chi connectivity index (χ3n) is 2.90. The van der Waals surface area contributed by atoms with E-state index in [2.05, 4.69) is 26.1 Å². The number of carbonyl (C=O) groups excluding carboxylic acids is 1. The van der Waals surface area contributed by atoms with Crippen LogP contribution in [0.15, 0.2) is 18.2 Å². The summed E-state index contributed by atoms with van der Waals surface area (Å²) in [6.45, 7) is 9.37. The number of nitrogens with one attached hydrogen (secondary N) is 1. The lowest BCUT2D eigenvalue weighted by atomic mass is 9.96. The molecule has 0 aromatic heterocycles. The fourth-order valence-corrected chi connectivity index (χ4v) is 2.18. The Hall–Kier alpha value is -1.26. The third kappa shape index (κ3) is 6.36. The van der Waals surface area contributed by atoms with E-state index in [4.69, 9.17) is 16.7 Å². The number of anilines is 1. The number of benzene rings is 1. The second-order valence-corrected chi connectivity index (χ2v) is 6.88. The zero-order valence-corrected chi connectivity index (χ0v) is 14.0. The number of rotatable bonds is 5. The van der Waals surface area contributed by atoms with Crippen molar-refractivity contribution in [3.63, 3.8) is 0 Å². The maximum absolute atomic E-state index is 12.4. The van der Waals surface area contributed by atoms with Crippen molar-refractivity contribution in [1.29, 1.82) is 0 Å². The highest BCUT2D eigenvalue weighted by Gasteiger charge is 2.21. The van der Waals surface area contributed by atoms with Gasteiger partial charge >= 0.3 is 6.03 Å². The van der Waals surface area contributed by atoms with Gasteiger partial charge in [-0.2, -0.15) is 0 Å². The number of nitrogens with zero attached hydrogens (tertiary/aromatic N) is 1. The van der Waals surface area contributed by atoms with Crippen molar-refractivity contribution >= 4 is 23.3 Å². The Morgan fingerprint density at radius 1 is 1.38 bits per heavy atom. The summed E-state index contributed by atoms with van der Waals surface area (Å²) in [6, 6.07) is 5.33. The van der Waals surface area contributed by atoms with Crippen molar-refractivity contribution in [3.8, 4) is 0 Å². The highest BCUT2D eigenvalue weighted by molar-refractivity contribution is 6.33. The second-order valence-electron chi connectivity index (χ2n) is 6.47. The molecule has 0 aliphatic carbocycles. The summed E-state index contributed by atoms with van der Waals surface area (Å²) in [6.07, 6.45) is 0.561. The van der Waals surface area contributed by atoms with E-state index < -0.39 is 0 Å². The van der Waals surface area contributed by atoms with Gasteiger partial charge in [-0.3, -0.25) is 0 Å². The van der Waals surface area contributed by atoms with Crippen LogP contribution in [0, 0.1) is 12.3 Å². The van der Waals surface area contributed by atoms with E-state index in [1.54, 1.807) is 11.0 Å². The van der Waals surface area contributed by atoms with Gasteiger partial charge in [0.15, 0.2) is 0 Å². The Morgan fingerprint density at radius 3 is 2.62 bits per heavy atom. The van der Waals surface area contributed by atoms with Crippen LogP contribution in [0.25, 0.3) is 0 Å². The van der Waals surface area contributed by atoms with Crippen molar-refractivity contribution in [2.24, 2.45) is 5.41 Å². The van der Waals surface area contributed by atoms with Gasteiger partial charge in [-0.1, -0.05) is 38.4 Å². The Kier molecular flexibility index (Phi) is 6.49. The summed E-state index contributed by atoms with van der Waals surface area (Å²) in [5.74, 6) is 0. The van der Waals surface area contributed by atoms with Gasteiger partial charge in [0.05, 0.1) is 10.7 Å². The van der Waals surface area contributed by atoms with Gasteiger partial charge in [-0.25, -0.2) is 4.79 Å².